The zero-order valence-electron chi connectivity index (χ0n) is 18.9. The van der Waals surface area contributed by atoms with Crippen molar-refractivity contribution in [2.45, 2.75) is 26.7 Å². The van der Waals surface area contributed by atoms with Crippen molar-refractivity contribution >= 4 is 38.4 Å². The number of sulfone groups is 1. The Bertz CT molecular complexity index is 1320. The first-order valence-electron chi connectivity index (χ1n) is 10.2. The molecular weight excluding hydrogens is 533 g/mol. The Labute approximate surface area is 206 Å². The molecule has 0 aliphatic carbocycles. The summed E-state index contributed by atoms with van der Waals surface area (Å²) < 4.78 is 94.6. The van der Waals surface area contributed by atoms with Gasteiger partial charge in [-0.2, -0.15) is 4.39 Å². The van der Waals surface area contributed by atoms with Crippen LogP contribution in [0.5, 0.6) is 11.5 Å². The van der Waals surface area contributed by atoms with Gasteiger partial charge < -0.3 is 9.84 Å². The fourth-order valence-electron chi connectivity index (χ4n) is 3.28. The molecule has 0 fully saturated rings. The lowest BCUT2D eigenvalue weighted by atomic mass is 10.1. The number of carboxylic acids is 1. The number of hydrogen-bond acceptors (Lipinski definition) is 7. The van der Waals surface area contributed by atoms with Crippen LogP contribution in [0.3, 0.4) is 0 Å². The van der Waals surface area contributed by atoms with Crippen molar-refractivity contribution in [1.29, 1.82) is 0 Å². The zero-order chi connectivity index (χ0) is 27.4. The Morgan fingerprint density at radius 3 is 2.39 bits per heavy atom. The van der Waals surface area contributed by atoms with Gasteiger partial charge in [0.05, 0.1) is 16.4 Å². The number of aromatic carboxylic acids is 1. The van der Waals surface area contributed by atoms with Crippen molar-refractivity contribution in [3.8, 4) is 11.5 Å². The van der Waals surface area contributed by atoms with Crippen molar-refractivity contribution in [3.63, 3.8) is 0 Å². The van der Waals surface area contributed by atoms with Gasteiger partial charge in [-0.05, 0) is 25.8 Å². The van der Waals surface area contributed by atoms with Crippen LogP contribution in [0.15, 0.2) is 18.2 Å². The number of rotatable bonds is 12. The molecule has 2 aromatic rings. The Morgan fingerprint density at radius 1 is 1.22 bits per heavy atom. The van der Waals surface area contributed by atoms with Crippen LogP contribution in [0, 0.1) is 34.5 Å². The summed E-state index contributed by atoms with van der Waals surface area (Å²) in [5.74, 6) is -9.47. The monoisotopic (exact) mass is 554 g/mol. The highest BCUT2D eigenvalue weighted by atomic mass is 32.2. The van der Waals surface area contributed by atoms with E-state index in [1.807, 2.05) is 0 Å². The summed E-state index contributed by atoms with van der Waals surface area (Å²) in [4.78, 5) is 21.6. The van der Waals surface area contributed by atoms with Gasteiger partial charge in [0.15, 0.2) is 11.6 Å². The molecule has 2 aromatic carbocycles. The number of halogens is 3. The Kier molecular flexibility index (Phi) is 9.39. The topological polar surface area (TPSA) is 164 Å². The maximum Gasteiger partial charge on any atom is 0.343 e. The van der Waals surface area contributed by atoms with Gasteiger partial charge in [0.25, 0.3) is 17.0 Å². The van der Waals surface area contributed by atoms with Gasteiger partial charge in [0.2, 0.25) is 11.6 Å². The maximum atomic E-state index is 15.2. The van der Waals surface area contributed by atoms with Crippen LogP contribution in [-0.4, -0.2) is 51.2 Å². The van der Waals surface area contributed by atoms with Crippen LogP contribution in [0.4, 0.5) is 24.5 Å². The molecule has 0 aliphatic heterocycles. The predicted octanol–water partition coefficient (Wildman–Crippen LogP) is 3.97. The number of carbonyl (C=O) groups is 1. The number of benzene rings is 2. The molecule has 198 valence electrons. The standard InChI is InChI=1S/C20H21F3N2O9S2/c1-3-8-36(32,33)9-4-7-24(35(30)31)14-10-12(21)17(22)19(18(14)23)34-15-6-5-13(25(28)29)16(11(15)2)20(26)27/h5-6,10H,3-4,7-9H2,1-2H3,(H,26,27)(H,30,31). The molecule has 2 N–H and O–H groups in total. The van der Waals surface area contributed by atoms with Gasteiger partial charge in [-0.25, -0.2) is 26.2 Å². The molecule has 1 unspecified atom stereocenters. The third-order valence-corrected chi connectivity index (χ3v) is 7.60. The van der Waals surface area contributed by atoms with Crippen LogP contribution >= 0.6 is 0 Å². The molecule has 2 rings (SSSR count). The number of ether oxygens (including phenoxy) is 1. The van der Waals surface area contributed by atoms with Crippen LogP contribution in [0.25, 0.3) is 0 Å². The lowest BCUT2D eigenvalue weighted by Crippen LogP contribution is -2.29. The molecule has 0 radical (unpaired) electrons. The molecule has 0 bridgehead atoms. The van der Waals surface area contributed by atoms with E-state index in [2.05, 4.69) is 0 Å². The minimum absolute atomic E-state index is 0.139. The van der Waals surface area contributed by atoms with E-state index in [4.69, 9.17) is 4.74 Å². The Balaban J connectivity index is 2.52. The highest BCUT2D eigenvalue weighted by Gasteiger charge is 2.29. The summed E-state index contributed by atoms with van der Waals surface area (Å²) in [7, 11) is -3.49. The molecule has 0 saturated heterocycles. The van der Waals surface area contributed by atoms with Gasteiger partial charge in [-0.15, -0.1) is 0 Å². The van der Waals surface area contributed by atoms with Crippen molar-refractivity contribution in [3.05, 3.63) is 56.9 Å². The lowest BCUT2D eigenvalue weighted by molar-refractivity contribution is -0.385. The molecule has 11 nitrogen and oxygen atoms in total. The SMILES string of the molecule is CCCS(=O)(=O)CCCN(c1cc(F)c(F)c(Oc2ccc([N+](=O)[O-])c(C(=O)O)c2C)c1F)S(=O)O. The number of anilines is 1. The van der Waals surface area contributed by atoms with Gasteiger partial charge in [0, 0.05) is 30.0 Å². The first kappa shape index (κ1) is 29.0. The summed E-state index contributed by atoms with van der Waals surface area (Å²) in [6.45, 7) is 2.16. The van der Waals surface area contributed by atoms with Crippen LogP contribution in [0.2, 0.25) is 0 Å². The van der Waals surface area contributed by atoms with Gasteiger partial charge in [-0.3, -0.25) is 19.0 Å². The first-order valence-corrected chi connectivity index (χ1v) is 13.1. The van der Waals surface area contributed by atoms with Crippen molar-refractivity contribution < 1.29 is 49.9 Å². The summed E-state index contributed by atoms with van der Waals surface area (Å²) in [5, 5.41) is 20.4. The number of nitrogens with zero attached hydrogens (tertiary/aromatic N) is 2. The molecule has 0 heterocycles. The Hall–Kier alpha value is -3.24. The smallest absolute Gasteiger partial charge is 0.343 e. The van der Waals surface area contributed by atoms with E-state index in [0.717, 1.165) is 13.0 Å². The molecule has 0 amide bonds. The lowest BCUT2D eigenvalue weighted by Gasteiger charge is -2.22. The summed E-state index contributed by atoms with van der Waals surface area (Å²) in [6.07, 6.45) is 0.0921. The molecular formula is C20H21F3N2O9S2. The summed E-state index contributed by atoms with van der Waals surface area (Å²) in [5.41, 5.74) is -2.99. The third kappa shape index (κ3) is 6.50. The minimum atomic E-state index is -3.49. The third-order valence-electron chi connectivity index (χ3n) is 4.90. The van der Waals surface area contributed by atoms with Crippen molar-refractivity contribution in [2.24, 2.45) is 0 Å². The zero-order valence-corrected chi connectivity index (χ0v) is 20.5. The molecule has 1 atom stereocenters. The molecule has 16 heteroatoms. The van der Waals surface area contributed by atoms with Crippen molar-refractivity contribution in [2.75, 3.05) is 22.4 Å². The normalized spacial score (nSPS) is 12.3. The molecule has 0 saturated carbocycles. The average molecular weight is 555 g/mol. The van der Waals surface area contributed by atoms with Crippen LogP contribution in [0.1, 0.15) is 35.7 Å². The van der Waals surface area contributed by atoms with Crippen LogP contribution in [-0.2, 0) is 21.1 Å². The van der Waals surface area contributed by atoms with Gasteiger partial charge in [-0.1, -0.05) is 6.92 Å². The van der Waals surface area contributed by atoms with E-state index in [1.165, 1.54) is 0 Å². The van der Waals surface area contributed by atoms with Crippen LogP contribution < -0.4 is 9.04 Å². The van der Waals surface area contributed by atoms with E-state index in [9.17, 15) is 46.0 Å². The van der Waals surface area contributed by atoms with Gasteiger partial charge in [0.1, 0.15) is 21.2 Å². The highest BCUT2D eigenvalue weighted by molar-refractivity contribution is 7.91. The van der Waals surface area contributed by atoms with E-state index in [1.54, 1.807) is 6.92 Å². The second-order valence-electron chi connectivity index (χ2n) is 7.42. The summed E-state index contributed by atoms with van der Waals surface area (Å²) in [6, 6.07) is 1.84. The number of nitro benzene ring substituents is 1. The minimum Gasteiger partial charge on any atom is -0.477 e. The van der Waals surface area contributed by atoms with E-state index >= 15 is 4.39 Å². The van der Waals surface area contributed by atoms with Gasteiger partial charge >= 0.3 is 5.97 Å². The highest BCUT2D eigenvalue weighted by Crippen LogP contribution is 2.39. The van der Waals surface area contributed by atoms with E-state index in [-0.39, 0.29) is 18.2 Å². The second-order valence-corrected chi connectivity index (χ2v) is 10.6. The molecule has 0 aliphatic rings. The summed E-state index contributed by atoms with van der Waals surface area (Å²) >= 11 is -2.99. The molecule has 36 heavy (non-hydrogen) atoms. The van der Waals surface area contributed by atoms with E-state index < -0.39 is 95.7 Å². The number of hydrogen-bond donors (Lipinski definition) is 2. The second kappa shape index (κ2) is 11.7. The average Bonchev–Trinajstić information content (AvgIpc) is 2.77. The fraction of sp³-hybridized carbons (Fsp3) is 0.350. The fourth-order valence-corrected chi connectivity index (χ4v) is 5.27. The molecule has 0 spiro atoms. The Morgan fingerprint density at radius 2 is 1.86 bits per heavy atom. The molecule has 0 aromatic heterocycles. The maximum absolute atomic E-state index is 15.2. The predicted molar refractivity (Wildman–Crippen MR) is 123 cm³/mol. The van der Waals surface area contributed by atoms with E-state index in [0.29, 0.717) is 16.8 Å². The largest absolute Gasteiger partial charge is 0.477 e. The quantitative estimate of drug-likeness (QED) is 0.171. The first-order chi connectivity index (χ1) is 16.7. The number of carboxylic acid groups (broad SMARTS) is 1. The number of nitro groups is 1. The van der Waals surface area contributed by atoms with Crippen molar-refractivity contribution in [1.82, 2.24) is 0 Å².